The van der Waals surface area contributed by atoms with Gasteiger partial charge in [0, 0.05) is 31.7 Å². The molecule has 3 rings (SSSR count). The fourth-order valence-electron chi connectivity index (χ4n) is 3.69. The highest BCUT2D eigenvalue weighted by molar-refractivity contribution is 5.74. The third-order valence-electron chi connectivity index (χ3n) is 5.53. The van der Waals surface area contributed by atoms with Gasteiger partial charge in [0.05, 0.1) is 6.10 Å². The number of nitrogens with zero attached hydrogens (tertiary/aromatic N) is 1. The maximum Gasteiger partial charge on any atom is 0.317 e. The van der Waals surface area contributed by atoms with Crippen molar-refractivity contribution in [3.8, 4) is 11.5 Å². The van der Waals surface area contributed by atoms with E-state index in [1.807, 2.05) is 17.0 Å². The lowest BCUT2D eigenvalue weighted by Crippen LogP contribution is -2.45. The molecule has 0 bridgehead atoms. The van der Waals surface area contributed by atoms with Gasteiger partial charge in [0.2, 0.25) is 0 Å². The summed E-state index contributed by atoms with van der Waals surface area (Å²) in [5, 5.41) is 3.13. The zero-order chi connectivity index (χ0) is 20.0. The van der Waals surface area contributed by atoms with Crippen LogP contribution in [-0.2, 0) is 10.2 Å². The van der Waals surface area contributed by atoms with Crippen LogP contribution in [0.15, 0.2) is 18.2 Å². The van der Waals surface area contributed by atoms with Crippen LogP contribution in [0.3, 0.4) is 0 Å². The van der Waals surface area contributed by atoms with Gasteiger partial charge < -0.3 is 24.4 Å². The van der Waals surface area contributed by atoms with Gasteiger partial charge in [0.25, 0.3) is 0 Å². The van der Waals surface area contributed by atoms with Crippen molar-refractivity contribution in [3.63, 3.8) is 0 Å². The van der Waals surface area contributed by atoms with Gasteiger partial charge in [-0.15, -0.1) is 0 Å². The first-order valence-electron chi connectivity index (χ1n) is 10.5. The van der Waals surface area contributed by atoms with E-state index in [2.05, 4.69) is 32.2 Å². The molecule has 2 heterocycles. The molecule has 6 heteroatoms. The Bertz CT molecular complexity index is 662. The van der Waals surface area contributed by atoms with Crippen molar-refractivity contribution in [2.75, 3.05) is 39.5 Å². The van der Waals surface area contributed by atoms with Crippen LogP contribution in [0.5, 0.6) is 11.5 Å². The van der Waals surface area contributed by atoms with E-state index >= 15 is 0 Å². The summed E-state index contributed by atoms with van der Waals surface area (Å²) < 4.78 is 17.2. The van der Waals surface area contributed by atoms with E-state index in [4.69, 9.17) is 14.2 Å². The molecule has 1 atom stereocenters. The van der Waals surface area contributed by atoms with E-state index in [1.165, 1.54) is 0 Å². The number of likely N-dealkylation sites (tertiary alicyclic amines) is 1. The normalized spacial score (nSPS) is 19.8. The van der Waals surface area contributed by atoms with Crippen molar-refractivity contribution in [2.24, 2.45) is 0 Å². The summed E-state index contributed by atoms with van der Waals surface area (Å²) >= 11 is 0. The Balaban J connectivity index is 1.53. The van der Waals surface area contributed by atoms with E-state index in [-0.39, 0.29) is 17.6 Å². The summed E-state index contributed by atoms with van der Waals surface area (Å²) in [6.07, 6.45) is 4.26. The third kappa shape index (κ3) is 5.31. The molecular weight excluding hydrogens is 356 g/mol. The van der Waals surface area contributed by atoms with Crippen molar-refractivity contribution >= 4 is 6.03 Å². The number of fused-ring (bicyclic) bond motifs is 1. The minimum Gasteiger partial charge on any atom is -0.486 e. The minimum absolute atomic E-state index is 0.0155. The quantitative estimate of drug-likeness (QED) is 0.804. The molecule has 1 aromatic rings. The van der Waals surface area contributed by atoms with E-state index in [0.29, 0.717) is 19.8 Å². The van der Waals surface area contributed by atoms with Crippen molar-refractivity contribution in [1.29, 1.82) is 0 Å². The summed E-state index contributed by atoms with van der Waals surface area (Å²) in [5.41, 5.74) is 0.922. The molecule has 0 saturated carbocycles. The van der Waals surface area contributed by atoms with Crippen LogP contribution < -0.4 is 14.8 Å². The number of amides is 2. The molecule has 28 heavy (non-hydrogen) atoms. The lowest BCUT2D eigenvalue weighted by atomic mass is 9.84. The molecular formula is C22H34N2O4. The summed E-state index contributed by atoms with van der Waals surface area (Å²) in [4.78, 5) is 14.6. The van der Waals surface area contributed by atoms with Gasteiger partial charge in [0.1, 0.15) is 13.2 Å². The molecule has 0 radical (unpaired) electrons. The lowest BCUT2D eigenvalue weighted by Gasteiger charge is -2.29. The Morgan fingerprint density at radius 1 is 1.21 bits per heavy atom. The summed E-state index contributed by atoms with van der Waals surface area (Å²) in [5.74, 6) is 1.58. The number of carbonyl (C=O) groups excluding carboxylic acids is 1. The number of benzene rings is 1. The summed E-state index contributed by atoms with van der Waals surface area (Å²) in [6, 6.07) is 6.06. The van der Waals surface area contributed by atoms with Crippen LogP contribution in [0.25, 0.3) is 0 Å². The van der Waals surface area contributed by atoms with Crippen LogP contribution >= 0.6 is 0 Å². The van der Waals surface area contributed by atoms with Gasteiger partial charge in [-0.2, -0.15) is 0 Å². The largest absolute Gasteiger partial charge is 0.486 e. The Hall–Kier alpha value is -1.95. The van der Waals surface area contributed by atoms with Crippen LogP contribution in [0.4, 0.5) is 4.79 Å². The highest BCUT2D eigenvalue weighted by Crippen LogP contribution is 2.35. The second-order valence-electron chi connectivity index (χ2n) is 8.31. The van der Waals surface area contributed by atoms with Gasteiger partial charge in [-0.3, -0.25) is 0 Å². The Morgan fingerprint density at radius 3 is 2.79 bits per heavy atom. The van der Waals surface area contributed by atoms with Gasteiger partial charge in [-0.05, 0) is 43.4 Å². The smallest absolute Gasteiger partial charge is 0.317 e. The maximum absolute atomic E-state index is 12.7. The molecule has 1 unspecified atom stereocenters. The van der Waals surface area contributed by atoms with Crippen LogP contribution in [-0.4, -0.2) is 56.5 Å². The van der Waals surface area contributed by atoms with Crippen LogP contribution in [0.1, 0.15) is 52.0 Å². The maximum atomic E-state index is 12.7. The lowest BCUT2D eigenvalue weighted by molar-refractivity contribution is 0.0445. The van der Waals surface area contributed by atoms with Crippen LogP contribution in [0, 0.1) is 0 Å². The number of ether oxygens (including phenoxy) is 3. The first-order chi connectivity index (χ1) is 13.5. The number of nitrogens with one attached hydrogen (secondary N) is 1. The fraction of sp³-hybridized carbons (Fsp3) is 0.682. The van der Waals surface area contributed by atoms with E-state index in [1.54, 1.807) is 0 Å². The van der Waals surface area contributed by atoms with Gasteiger partial charge in [-0.1, -0.05) is 26.8 Å². The monoisotopic (exact) mass is 390 g/mol. The number of rotatable bonds is 6. The van der Waals surface area contributed by atoms with Crippen molar-refractivity contribution in [2.45, 2.75) is 58.0 Å². The third-order valence-corrected chi connectivity index (χ3v) is 5.53. The second kappa shape index (κ2) is 9.50. The van der Waals surface area contributed by atoms with Crippen molar-refractivity contribution in [1.82, 2.24) is 10.2 Å². The van der Waals surface area contributed by atoms with E-state index in [0.717, 1.165) is 62.4 Å². The highest BCUT2D eigenvalue weighted by atomic mass is 16.6. The molecule has 6 nitrogen and oxygen atoms in total. The predicted molar refractivity (Wildman–Crippen MR) is 109 cm³/mol. The second-order valence-corrected chi connectivity index (χ2v) is 8.31. The van der Waals surface area contributed by atoms with Crippen LogP contribution in [0.2, 0.25) is 0 Å². The first kappa shape index (κ1) is 20.8. The van der Waals surface area contributed by atoms with Gasteiger partial charge >= 0.3 is 6.03 Å². The molecule has 2 aliphatic rings. The topological polar surface area (TPSA) is 60.0 Å². The number of hydrogen-bond donors (Lipinski definition) is 1. The molecule has 1 fully saturated rings. The molecule has 2 amide bonds. The zero-order valence-corrected chi connectivity index (χ0v) is 17.5. The number of urea groups is 1. The minimum atomic E-state index is -0.204. The highest BCUT2D eigenvalue weighted by Gasteiger charge is 2.26. The molecule has 1 aromatic carbocycles. The summed E-state index contributed by atoms with van der Waals surface area (Å²) in [6.45, 7) is 10.5. The van der Waals surface area contributed by atoms with E-state index in [9.17, 15) is 4.79 Å². The summed E-state index contributed by atoms with van der Waals surface area (Å²) in [7, 11) is 0. The molecule has 1 saturated heterocycles. The van der Waals surface area contributed by atoms with Crippen molar-refractivity contribution in [3.05, 3.63) is 23.8 Å². The van der Waals surface area contributed by atoms with Gasteiger partial charge in [0.15, 0.2) is 11.5 Å². The van der Waals surface area contributed by atoms with Crippen molar-refractivity contribution < 1.29 is 19.0 Å². The van der Waals surface area contributed by atoms with E-state index < -0.39 is 0 Å². The Labute approximate surface area is 168 Å². The number of carbonyl (C=O) groups is 1. The predicted octanol–water partition coefficient (Wildman–Crippen LogP) is 3.73. The average Bonchev–Trinajstić information content (AvgIpc) is 2.96. The molecule has 1 N–H and O–H groups in total. The molecule has 0 spiro atoms. The molecule has 156 valence electrons. The molecule has 2 aliphatic heterocycles. The molecule has 0 aromatic heterocycles. The Kier molecular flexibility index (Phi) is 7.05. The fourth-order valence-corrected chi connectivity index (χ4v) is 3.69. The average molecular weight is 391 g/mol. The molecule has 0 aliphatic carbocycles. The number of hydrogen-bond acceptors (Lipinski definition) is 4. The SMILES string of the molecule is CCCOC1CCCN(C(=O)NCC(C)(C)c2ccc3c(c2)OCCO3)CC1. The first-order valence-corrected chi connectivity index (χ1v) is 10.5. The van der Waals surface area contributed by atoms with Gasteiger partial charge in [-0.25, -0.2) is 4.79 Å². The Morgan fingerprint density at radius 2 is 2.00 bits per heavy atom. The standard InChI is InChI=1S/C22H34N2O4/c1-4-12-26-18-6-5-10-24(11-9-18)21(25)23-16-22(2,3)17-7-8-19-20(15-17)28-14-13-27-19/h7-8,15,18H,4-6,9-14,16H2,1-3H3,(H,23,25). The zero-order valence-electron chi connectivity index (χ0n) is 17.5.